The Morgan fingerprint density at radius 1 is 1.20 bits per heavy atom. The molecule has 1 heterocycles. The molecule has 0 aliphatic heterocycles. The number of thioether (sulfide) groups is 1. The van der Waals surface area contributed by atoms with E-state index in [2.05, 4.69) is 22.1 Å². The molecule has 0 saturated heterocycles. The number of ether oxygens (including phenoxy) is 1. The number of amides is 1. The fourth-order valence-corrected chi connectivity index (χ4v) is 3.53. The molecule has 8 heteroatoms. The van der Waals surface area contributed by atoms with Crippen molar-refractivity contribution in [3.63, 3.8) is 0 Å². The van der Waals surface area contributed by atoms with E-state index < -0.39 is 0 Å². The van der Waals surface area contributed by atoms with Crippen LogP contribution in [-0.4, -0.2) is 26.4 Å². The molecule has 0 fully saturated rings. The largest absolute Gasteiger partial charge is 0.486 e. The van der Waals surface area contributed by atoms with Gasteiger partial charge in [-0.1, -0.05) is 59.3 Å². The molecule has 6 nitrogen and oxygen atoms in total. The lowest BCUT2D eigenvalue weighted by Crippen LogP contribution is -2.24. The van der Waals surface area contributed by atoms with Crippen molar-refractivity contribution in [1.29, 1.82) is 0 Å². The van der Waals surface area contributed by atoms with Crippen LogP contribution < -0.4 is 10.1 Å². The maximum atomic E-state index is 12.2. The van der Waals surface area contributed by atoms with E-state index in [1.807, 2.05) is 35.8 Å². The number of hydrogen-bond donors (Lipinski definition) is 1. The molecule has 1 N–H and O–H groups in total. The topological polar surface area (TPSA) is 69.0 Å². The van der Waals surface area contributed by atoms with Crippen molar-refractivity contribution in [1.82, 2.24) is 20.1 Å². The summed E-state index contributed by atoms with van der Waals surface area (Å²) < 4.78 is 7.65. The second kappa shape index (κ2) is 10.8. The first-order valence-electron chi connectivity index (χ1n) is 9.41. The first kappa shape index (κ1) is 21.9. The Labute approximate surface area is 185 Å². The minimum atomic E-state index is -0.0623. The highest BCUT2D eigenvalue weighted by Gasteiger charge is 2.14. The maximum absolute atomic E-state index is 12.2. The van der Waals surface area contributed by atoms with Gasteiger partial charge in [-0.3, -0.25) is 9.36 Å². The average Bonchev–Trinajstić information content (AvgIpc) is 3.13. The van der Waals surface area contributed by atoms with Crippen LogP contribution in [0.1, 0.15) is 17.0 Å². The molecular weight excluding hydrogens is 420 g/mol. The van der Waals surface area contributed by atoms with E-state index in [1.165, 1.54) is 17.3 Å². The molecule has 156 valence electrons. The third kappa shape index (κ3) is 6.37. The summed E-state index contributed by atoms with van der Waals surface area (Å²) in [7, 11) is 0. The Balaban J connectivity index is 1.54. The predicted molar refractivity (Wildman–Crippen MR) is 120 cm³/mol. The highest BCUT2D eigenvalue weighted by molar-refractivity contribution is 7.99. The van der Waals surface area contributed by atoms with Gasteiger partial charge in [0.1, 0.15) is 12.4 Å². The summed E-state index contributed by atoms with van der Waals surface area (Å²) in [6, 6.07) is 15.2. The summed E-state index contributed by atoms with van der Waals surface area (Å²) in [5.74, 6) is 1.54. The number of benzene rings is 2. The zero-order chi connectivity index (χ0) is 21.3. The van der Waals surface area contributed by atoms with Gasteiger partial charge in [-0.05, 0) is 36.8 Å². The monoisotopic (exact) mass is 442 g/mol. The van der Waals surface area contributed by atoms with Crippen molar-refractivity contribution in [2.75, 3.05) is 5.75 Å². The number of halogens is 1. The zero-order valence-corrected chi connectivity index (χ0v) is 18.2. The Morgan fingerprint density at radius 3 is 2.63 bits per heavy atom. The van der Waals surface area contributed by atoms with Gasteiger partial charge in [0.25, 0.3) is 0 Å². The zero-order valence-electron chi connectivity index (χ0n) is 16.7. The number of nitrogens with one attached hydrogen (secondary N) is 1. The van der Waals surface area contributed by atoms with Crippen molar-refractivity contribution >= 4 is 29.3 Å². The standard InChI is InChI=1S/C22H23ClN4O2S/c1-3-12-27-20(14-29-19-10-8-18(23)9-11-19)25-26-22(27)30-15-21(28)24-13-17-6-4-16(2)5-7-17/h3-11H,1,12-15H2,2H3,(H,24,28). The van der Waals surface area contributed by atoms with Crippen molar-refractivity contribution in [3.05, 3.63) is 83.2 Å². The summed E-state index contributed by atoms with van der Waals surface area (Å²) >= 11 is 7.23. The van der Waals surface area contributed by atoms with Crippen LogP contribution in [0.5, 0.6) is 5.75 Å². The molecule has 0 atom stereocenters. The van der Waals surface area contributed by atoms with E-state index in [0.29, 0.717) is 34.8 Å². The number of nitrogens with zero attached hydrogens (tertiary/aromatic N) is 3. The van der Waals surface area contributed by atoms with Crippen molar-refractivity contribution in [2.45, 2.75) is 31.8 Å². The Morgan fingerprint density at radius 2 is 1.93 bits per heavy atom. The fourth-order valence-electron chi connectivity index (χ4n) is 2.61. The second-order valence-electron chi connectivity index (χ2n) is 6.59. The van der Waals surface area contributed by atoms with Gasteiger partial charge >= 0.3 is 0 Å². The third-order valence-electron chi connectivity index (χ3n) is 4.23. The van der Waals surface area contributed by atoms with Gasteiger partial charge in [0.15, 0.2) is 11.0 Å². The van der Waals surface area contributed by atoms with Gasteiger partial charge in [-0.25, -0.2) is 0 Å². The molecule has 0 spiro atoms. The van der Waals surface area contributed by atoms with Gasteiger partial charge < -0.3 is 10.1 Å². The van der Waals surface area contributed by atoms with Crippen LogP contribution in [0.4, 0.5) is 0 Å². The number of hydrogen-bond acceptors (Lipinski definition) is 5. The van der Waals surface area contributed by atoms with E-state index in [9.17, 15) is 4.79 Å². The lowest BCUT2D eigenvalue weighted by atomic mass is 10.1. The lowest BCUT2D eigenvalue weighted by Gasteiger charge is -2.09. The van der Waals surface area contributed by atoms with Crippen molar-refractivity contribution in [2.24, 2.45) is 0 Å². The van der Waals surface area contributed by atoms with Crippen LogP contribution in [0, 0.1) is 6.92 Å². The number of aryl methyl sites for hydroxylation is 1. The van der Waals surface area contributed by atoms with Gasteiger partial charge in [-0.2, -0.15) is 0 Å². The Kier molecular flexibility index (Phi) is 7.93. The molecule has 0 radical (unpaired) electrons. The van der Waals surface area contributed by atoms with E-state index in [4.69, 9.17) is 16.3 Å². The maximum Gasteiger partial charge on any atom is 0.230 e. The summed E-state index contributed by atoms with van der Waals surface area (Å²) in [5.41, 5.74) is 2.26. The van der Waals surface area contributed by atoms with Gasteiger partial charge in [-0.15, -0.1) is 16.8 Å². The fraction of sp³-hybridized carbons (Fsp3) is 0.227. The van der Waals surface area contributed by atoms with Crippen LogP contribution in [0.15, 0.2) is 66.3 Å². The number of aromatic nitrogens is 3. The van der Waals surface area contributed by atoms with Gasteiger partial charge in [0, 0.05) is 18.1 Å². The van der Waals surface area contributed by atoms with E-state index in [1.54, 1.807) is 30.3 Å². The molecule has 0 bridgehead atoms. The van der Waals surface area contributed by atoms with Crippen LogP contribution in [-0.2, 0) is 24.5 Å². The van der Waals surface area contributed by atoms with Crippen LogP contribution in [0.3, 0.4) is 0 Å². The number of rotatable bonds is 10. The smallest absolute Gasteiger partial charge is 0.230 e. The molecule has 1 aromatic heterocycles. The number of carbonyl (C=O) groups excluding carboxylic acids is 1. The van der Waals surface area contributed by atoms with Crippen LogP contribution in [0.2, 0.25) is 5.02 Å². The van der Waals surface area contributed by atoms with Gasteiger partial charge in [0.05, 0.1) is 5.75 Å². The Hall–Kier alpha value is -2.77. The van der Waals surface area contributed by atoms with E-state index >= 15 is 0 Å². The lowest BCUT2D eigenvalue weighted by molar-refractivity contribution is -0.118. The van der Waals surface area contributed by atoms with Crippen LogP contribution >= 0.6 is 23.4 Å². The minimum absolute atomic E-state index is 0.0623. The average molecular weight is 443 g/mol. The molecule has 2 aromatic carbocycles. The summed E-state index contributed by atoms with van der Waals surface area (Å²) in [4.78, 5) is 12.2. The minimum Gasteiger partial charge on any atom is -0.486 e. The predicted octanol–water partition coefficient (Wildman–Crippen LogP) is 4.41. The van der Waals surface area contributed by atoms with Gasteiger partial charge in [0.2, 0.25) is 5.91 Å². The van der Waals surface area contributed by atoms with E-state index in [0.717, 1.165) is 5.56 Å². The molecule has 3 rings (SSSR count). The molecule has 0 saturated carbocycles. The van der Waals surface area contributed by atoms with Crippen molar-refractivity contribution < 1.29 is 9.53 Å². The molecule has 1 amide bonds. The molecule has 3 aromatic rings. The quantitative estimate of drug-likeness (QED) is 0.372. The molecule has 0 unspecified atom stereocenters. The normalized spacial score (nSPS) is 10.6. The molecule has 0 aliphatic rings. The summed E-state index contributed by atoms with van der Waals surface area (Å²) in [6.07, 6.45) is 1.76. The van der Waals surface area contributed by atoms with Crippen LogP contribution in [0.25, 0.3) is 0 Å². The highest BCUT2D eigenvalue weighted by atomic mass is 35.5. The summed E-state index contributed by atoms with van der Waals surface area (Å²) in [6.45, 7) is 7.10. The second-order valence-corrected chi connectivity index (χ2v) is 7.97. The molecule has 30 heavy (non-hydrogen) atoms. The number of carbonyl (C=O) groups is 1. The SMILES string of the molecule is C=CCn1c(COc2ccc(Cl)cc2)nnc1SCC(=O)NCc1ccc(C)cc1. The first-order chi connectivity index (χ1) is 14.5. The molecule has 0 aliphatic carbocycles. The molecular formula is C22H23ClN4O2S. The van der Waals surface area contributed by atoms with Crippen molar-refractivity contribution in [3.8, 4) is 5.75 Å². The van der Waals surface area contributed by atoms with E-state index in [-0.39, 0.29) is 18.3 Å². The Bertz CT molecular complexity index is 987. The number of allylic oxidation sites excluding steroid dienone is 1. The summed E-state index contributed by atoms with van der Waals surface area (Å²) in [5, 5.41) is 12.6. The third-order valence-corrected chi connectivity index (χ3v) is 5.45. The highest BCUT2D eigenvalue weighted by Crippen LogP contribution is 2.20. The first-order valence-corrected chi connectivity index (χ1v) is 10.8.